The molecule has 0 aromatic heterocycles. The van der Waals surface area contributed by atoms with E-state index in [-0.39, 0.29) is 6.04 Å². The molecular formula is C17H25F3N4. The first kappa shape index (κ1) is 17.7. The van der Waals surface area contributed by atoms with Crippen LogP contribution in [0, 0.1) is 5.92 Å². The van der Waals surface area contributed by atoms with E-state index in [0.29, 0.717) is 12.0 Å². The van der Waals surface area contributed by atoms with Crippen molar-refractivity contribution in [3.8, 4) is 0 Å². The topological polar surface area (TPSA) is 39.3 Å². The van der Waals surface area contributed by atoms with Gasteiger partial charge in [0.2, 0.25) is 0 Å². The molecule has 134 valence electrons. The van der Waals surface area contributed by atoms with Gasteiger partial charge in [0, 0.05) is 25.0 Å². The molecule has 2 unspecified atom stereocenters. The van der Waals surface area contributed by atoms with Gasteiger partial charge in [0.1, 0.15) is 0 Å². The Kier molecular flexibility index (Phi) is 5.44. The van der Waals surface area contributed by atoms with Crippen LogP contribution in [0.5, 0.6) is 0 Å². The number of benzene rings is 1. The normalized spacial score (nSPS) is 26.8. The molecule has 2 saturated heterocycles. The molecule has 2 aliphatic heterocycles. The smallest absolute Gasteiger partial charge is 0.317 e. The molecule has 0 amide bonds. The van der Waals surface area contributed by atoms with E-state index in [1.54, 1.807) is 12.1 Å². The third-order valence-corrected chi connectivity index (χ3v) is 5.18. The molecular weight excluding hydrogens is 317 g/mol. The van der Waals surface area contributed by atoms with Crippen LogP contribution < -0.4 is 16.2 Å². The summed E-state index contributed by atoms with van der Waals surface area (Å²) in [6.45, 7) is 3.93. The summed E-state index contributed by atoms with van der Waals surface area (Å²) in [6, 6.07) is 6.18. The zero-order chi connectivity index (χ0) is 17.2. The summed E-state index contributed by atoms with van der Waals surface area (Å²) in [5.41, 5.74) is 6.70. The molecule has 2 aliphatic rings. The van der Waals surface area contributed by atoms with Crippen LogP contribution in [-0.2, 0) is 6.18 Å². The lowest BCUT2D eigenvalue weighted by atomic mass is 9.93. The first-order chi connectivity index (χ1) is 11.5. The number of piperidine rings is 1. The van der Waals surface area contributed by atoms with Crippen LogP contribution in [0.3, 0.4) is 0 Å². The number of hydrogen-bond acceptors (Lipinski definition) is 4. The number of alkyl halides is 3. The molecule has 7 heteroatoms. The number of nitrogens with one attached hydrogen (secondary N) is 3. The van der Waals surface area contributed by atoms with E-state index >= 15 is 0 Å². The summed E-state index contributed by atoms with van der Waals surface area (Å²) in [5.74, 6) is 0.355. The van der Waals surface area contributed by atoms with E-state index in [1.165, 1.54) is 12.1 Å². The molecule has 1 aromatic carbocycles. The van der Waals surface area contributed by atoms with E-state index < -0.39 is 11.7 Å². The predicted octanol–water partition coefficient (Wildman–Crippen LogP) is 2.15. The zero-order valence-corrected chi connectivity index (χ0v) is 13.9. The number of likely N-dealkylation sites (tertiary alicyclic amines) is 1. The van der Waals surface area contributed by atoms with Crippen molar-refractivity contribution in [2.75, 3.05) is 33.2 Å². The Bertz CT molecular complexity index is 524. The standard InChI is InChI=1S/C17H25F3N4/c1-21-15-6-8-24(9-7-15)11-13-10-22-23-16(13)12-2-4-14(5-3-12)17(18,19)20/h2-5,13,15-16,21-23H,6-11H2,1H3. The molecule has 2 fully saturated rings. The number of rotatable bonds is 4. The fourth-order valence-corrected chi connectivity index (χ4v) is 3.68. The van der Waals surface area contributed by atoms with E-state index in [9.17, 15) is 13.2 Å². The monoisotopic (exact) mass is 342 g/mol. The Hall–Kier alpha value is -1.15. The van der Waals surface area contributed by atoms with Gasteiger partial charge in [0.05, 0.1) is 11.6 Å². The molecule has 0 aliphatic carbocycles. The van der Waals surface area contributed by atoms with Crippen LogP contribution in [0.15, 0.2) is 24.3 Å². The summed E-state index contributed by atoms with van der Waals surface area (Å²) in [6.07, 6.45) is -1.99. The fourth-order valence-electron chi connectivity index (χ4n) is 3.68. The van der Waals surface area contributed by atoms with Gasteiger partial charge in [-0.25, -0.2) is 5.43 Å². The van der Waals surface area contributed by atoms with Gasteiger partial charge in [0.15, 0.2) is 0 Å². The molecule has 3 rings (SSSR count). The van der Waals surface area contributed by atoms with Crippen molar-refractivity contribution in [1.82, 2.24) is 21.1 Å². The summed E-state index contributed by atoms with van der Waals surface area (Å²) in [5, 5.41) is 3.33. The van der Waals surface area contributed by atoms with Crippen molar-refractivity contribution in [3.05, 3.63) is 35.4 Å². The summed E-state index contributed by atoms with van der Waals surface area (Å²) in [7, 11) is 2.01. The van der Waals surface area contributed by atoms with Crippen molar-refractivity contribution in [2.45, 2.75) is 31.1 Å². The summed E-state index contributed by atoms with van der Waals surface area (Å²) >= 11 is 0. The van der Waals surface area contributed by atoms with Gasteiger partial charge in [-0.05, 0) is 50.7 Å². The van der Waals surface area contributed by atoms with Gasteiger partial charge in [-0.15, -0.1) is 0 Å². The maximum absolute atomic E-state index is 12.7. The average Bonchev–Trinajstić information content (AvgIpc) is 3.03. The van der Waals surface area contributed by atoms with Crippen LogP contribution in [0.25, 0.3) is 0 Å². The number of hydrogen-bond donors (Lipinski definition) is 3. The minimum absolute atomic E-state index is 0.0503. The van der Waals surface area contributed by atoms with Gasteiger partial charge in [-0.3, -0.25) is 5.43 Å². The lowest BCUT2D eigenvalue weighted by Crippen LogP contribution is -2.43. The third kappa shape index (κ3) is 4.08. The quantitative estimate of drug-likeness (QED) is 0.784. The largest absolute Gasteiger partial charge is 0.416 e. The molecule has 4 nitrogen and oxygen atoms in total. The maximum atomic E-state index is 12.7. The summed E-state index contributed by atoms with van der Waals surface area (Å²) < 4.78 is 38.1. The maximum Gasteiger partial charge on any atom is 0.416 e. The Morgan fingerprint density at radius 3 is 2.42 bits per heavy atom. The SMILES string of the molecule is CNC1CCN(CC2CNNC2c2ccc(C(F)(F)F)cc2)CC1. The lowest BCUT2D eigenvalue weighted by molar-refractivity contribution is -0.137. The fraction of sp³-hybridized carbons (Fsp3) is 0.647. The van der Waals surface area contributed by atoms with Gasteiger partial charge < -0.3 is 10.2 Å². The second-order valence-corrected chi connectivity index (χ2v) is 6.75. The number of hydrazine groups is 1. The first-order valence-corrected chi connectivity index (χ1v) is 8.52. The van der Waals surface area contributed by atoms with Crippen LogP contribution in [0.2, 0.25) is 0 Å². The molecule has 2 atom stereocenters. The van der Waals surface area contributed by atoms with Crippen LogP contribution in [0.1, 0.15) is 30.0 Å². The summed E-state index contributed by atoms with van der Waals surface area (Å²) in [4.78, 5) is 2.46. The molecule has 24 heavy (non-hydrogen) atoms. The third-order valence-electron chi connectivity index (χ3n) is 5.18. The van der Waals surface area contributed by atoms with E-state index in [1.807, 2.05) is 7.05 Å². The van der Waals surface area contributed by atoms with E-state index in [0.717, 1.165) is 44.6 Å². The van der Waals surface area contributed by atoms with E-state index in [4.69, 9.17) is 0 Å². The Labute approximate surface area is 140 Å². The van der Waals surface area contributed by atoms with Crippen molar-refractivity contribution in [3.63, 3.8) is 0 Å². The molecule has 0 bridgehead atoms. The minimum Gasteiger partial charge on any atom is -0.317 e. The van der Waals surface area contributed by atoms with Gasteiger partial charge >= 0.3 is 6.18 Å². The average molecular weight is 342 g/mol. The van der Waals surface area contributed by atoms with E-state index in [2.05, 4.69) is 21.1 Å². The van der Waals surface area contributed by atoms with Gasteiger partial charge in [-0.2, -0.15) is 13.2 Å². The number of nitrogens with zero attached hydrogens (tertiary/aromatic N) is 1. The second-order valence-electron chi connectivity index (χ2n) is 6.75. The van der Waals surface area contributed by atoms with Crippen LogP contribution in [-0.4, -0.2) is 44.2 Å². The molecule has 1 aromatic rings. The highest BCUT2D eigenvalue weighted by molar-refractivity contribution is 5.27. The lowest BCUT2D eigenvalue weighted by Gasteiger charge is -2.34. The van der Waals surface area contributed by atoms with Crippen molar-refractivity contribution >= 4 is 0 Å². The highest BCUT2D eigenvalue weighted by atomic mass is 19.4. The molecule has 0 radical (unpaired) electrons. The highest BCUT2D eigenvalue weighted by Gasteiger charge is 2.33. The molecule has 3 N–H and O–H groups in total. The predicted molar refractivity (Wildman–Crippen MR) is 87.3 cm³/mol. The molecule has 0 saturated carbocycles. The van der Waals surface area contributed by atoms with Crippen molar-refractivity contribution < 1.29 is 13.2 Å². The van der Waals surface area contributed by atoms with Crippen molar-refractivity contribution in [1.29, 1.82) is 0 Å². The molecule has 0 spiro atoms. The van der Waals surface area contributed by atoms with Gasteiger partial charge in [0.25, 0.3) is 0 Å². The number of halogens is 3. The Morgan fingerprint density at radius 1 is 1.17 bits per heavy atom. The van der Waals surface area contributed by atoms with Gasteiger partial charge in [-0.1, -0.05) is 12.1 Å². The highest BCUT2D eigenvalue weighted by Crippen LogP contribution is 2.32. The minimum atomic E-state index is -4.28. The van der Waals surface area contributed by atoms with Crippen molar-refractivity contribution in [2.24, 2.45) is 5.92 Å². The van der Waals surface area contributed by atoms with Crippen LogP contribution >= 0.6 is 0 Å². The zero-order valence-electron chi connectivity index (χ0n) is 13.9. The first-order valence-electron chi connectivity index (χ1n) is 8.52. The Balaban J connectivity index is 1.61. The van der Waals surface area contributed by atoms with Crippen LogP contribution in [0.4, 0.5) is 13.2 Å². The molecule has 2 heterocycles. The Morgan fingerprint density at radius 2 is 1.83 bits per heavy atom. The second kappa shape index (κ2) is 7.39.